The summed E-state index contributed by atoms with van der Waals surface area (Å²) in [6.07, 6.45) is -2.88. The molecule has 8 nitrogen and oxygen atoms in total. The van der Waals surface area contributed by atoms with E-state index in [-0.39, 0.29) is 11.5 Å². The van der Waals surface area contributed by atoms with Gasteiger partial charge in [-0.15, -0.1) is 5.10 Å². The van der Waals surface area contributed by atoms with Gasteiger partial charge in [-0.3, -0.25) is 4.79 Å². The van der Waals surface area contributed by atoms with Gasteiger partial charge in [-0.25, -0.2) is 4.99 Å². The Kier molecular flexibility index (Phi) is 6.31. The zero-order chi connectivity index (χ0) is 25.5. The number of nitrogens with zero attached hydrogens (tertiary/aromatic N) is 4. The first-order chi connectivity index (χ1) is 16.5. The summed E-state index contributed by atoms with van der Waals surface area (Å²) in [5.41, 5.74) is 7.65. The standard InChI is InChI=1S/C24H28F3N7O/c1-13-15(3)32-33-21(31-20(28)16-6-5-7-18(14(16)2)24(25,26)27)17(13)10-19(29-4)34-11-23(12-34)8-9-30-22(23)35/h5-7,10,20H,4,8-9,11-12,28H2,1-3H3,(H,30,35)(H,31,33)/b19-10+/t20-/m0/s1. The Bertz CT molecular complexity index is 1200. The lowest BCUT2D eigenvalue weighted by molar-refractivity contribution is -0.138. The van der Waals surface area contributed by atoms with Crippen LogP contribution in [0.3, 0.4) is 0 Å². The van der Waals surface area contributed by atoms with Crippen LogP contribution in [0, 0.1) is 26.2 Å². The summed E-state index contributed by atoms with van der Waals surface area (Å²) in [4.78, 5) is 18.3. The third-order valence-corrected chi connectivity index (χ3v) is 6.93. The number of benzene rings is 1. The first-order valence-electron chi connectivity index (χ1n) is 11.2. The van der Waals surface area contributed by atoms with Crippen molar-refractivity contribution in [2.24, 2.45) is 16.1 Å². The number of alkyl halides is 3. The summed E-state index contributed by atoms with van der Waals surface area (Å²) in [6, 6.07) is 3.91. The fraction of sp³-hybridized carbons (Fsp3) is 0.417. The summed E-state index contributed by atoms with van der Waals surface area (Å²) < 4.78 is 40.1. The maximum absolute atomic E-state index is 13.4. The molecule has 0 radical (unpaired) electrons. The second-order valence-corrected chi connectivity index (χ2v) is 9.12. The second kappa shape index (κ2) is 8.95. The number of carbonyl (C=O) groups excluding carboxylic acids is 1. The predicted octanol–water partition coefficient (Wildman–Crippen LogP) is 3.31. The first-order valence-corrected chi connectivity index (χ1v) is 11.2. The van der Waals surface area contributed by atoms with Gasteiger partial charge in [0.1, 0.15) is 12.0 Å². The van der Waals surface area contributed by atoms with E-state index < -0.39 is 23.3 Å². The highest BCUT2D eigenvalue weighted by Gasteiger charge is 2.52. The lowest BCUT2D eigenvalue weighted by atomic mass is 9.78. The molecule has 0 bridgehead atoms. The molecule has 1 aromatic heterocycles. The molecule has 3 heterocycles. The number of carbonyl (C=O) groups is 1. The van der Waals surface area contributed by atoms with Gasteiger partial charge in [0.15, 0.2) is 5.82 Å². The third-order valence-electron chi connectivity index (χ3n) is 6.93. The van der Waals surface area contributed by atoms with Crippen molar-refractivity contribution in [1.82, 2.24) is 20.4 Å². The van der Waals surface area contributed by atoms with Crippen LogP contribution in [0.15, 0.2) is 29.0 Å². The van der Waals surface area contributed by atoms with E-state index in [1.807, 2.05) is 18.7 Å². The summed E-state index contributed by atoms with van der Waals surface area (Å²) in [6.45, 7) is 10.5. The molecule has 1 aromatic carbocycles. The molecule has 2 saturated heterocycles. The van der Waals surface area contributed by atoms with Gasteiger partial charge in [0.2, 0.25) is 5.91 Å². The number of nitrogens with one attached hydrogen (secondary N) is 2. The van der Waals surface area contributed by atoms with Crippen LogP contribution >= 0.6 is 0 Å². The molecule has 35 heavy (non-hydrogen) atoms. The van der Waals surface area contributed by atoms with Crippen molar-refractivity contribution in [1.29, 1.82) is 0 Å². The van der Waals surface area contributed by atoms with Crippen LogP contribution in [0.2, 0.25) is 0 Å². The van der Waals surface area contributed by atoms with Crippen molar-refractivity contribution in [2.75, 3.05) is 25.0 Å². The zero-order valence-electron chi connectivity index (χ0n) is 19.8. The third kappa shape index (κ3) is 4.47. The molecule has 4 N–H and O–H groups in total. The van der Waals surface area contributed by atoms with Gasteiger partial charge in [0.05, 0.1) is 16.7 Å². The van der Waals surface area contributed by atoms with E-state index in [9.17, 15) is 18.0 Å². The van der Waals surface area contributed by atoms with Crippen LogP contribution < -0.4 is 16.4 Å². The number of aryl methyl sites for hydroxylation is 1. The number of rotatable bonds is 6. The molecule has 2 fully saturated rings. The van der Waals surface area contributed by atoms with Gasteiger partial charge in [0.25, 0.3) is 0 Å². The molecule has 2 aromatic rings. The quantitative estimate of drug-likeness (QED) is 0.426. The number of hydrogen-bond donors (Lipinski definition) is 3. The van der Waals surface area contributed by atoms with E-state index in [4.69, 9.17) is 5.73 Å². The number of nitrogens with two attached hydrogens (primary N) is 1. The maximum atomic E-state index is 13.4. The predicted molar refractivity (Wildman–Crippen MR) is 127 cm³/mol. The van der Waals surface area contributed by atoms with Gasteiger partial charge in [-0.2, -0.15) is 18.3 Å². The summed E-state index contributed by atoms with van der Waals surface area (Å²) >= 11 is 0. The Balaban J connectivity index is 1.64. The number of amides is 1. The van der Waals surface area contributed by atoms with Gasteiger partial charge < -0.3 is 21.3 Å². The van der Waals surface area contributed by atoms with Gasteiger partial charge >= 0.3 is 6.18 Å². The molecular weight excluding hydrogens is 459 g/mol. The maximum Gasteiger partial charge on any atom is 0.416 e. The van der Waals surface area contributed by atoms with Crippen LogP contribution in [-0.4, -0.2) is 47.4 Å². The number of likely N-dealkylation sites (tertiary alicyclic amines) is 1. The highest BCUT2D eigenvalue weighted by molar-refractivity contribution is 5.86. The molecule has 1 atom stereocenters. The van der Waals surface area contributed by atoms with Gasteiger partial charge in [0, 0.05) is 25.2 Å². The first kappa shape index (κ1) is 24.6. The molecule has 2 aliphatic heterocycles. The SMILES string of the molecule is C=N/C(=C\c1c(N[C@H](N)c2cccc(C(F)(F)F)c2C)nnc(C)c1C)N1CC2(CCNC2=O)C1. The van der Waals surface area contributed by atoms with Crippen LogP contribution in [0.25, 0.3) is 6.08 Å². The number of hydrogen-bond acceptors (Lipinski definition) is 7. The van der Waals surface area contributed by atoms with Crippen LogP contribution in [-0.2, 0) is 11.0 Å². The van der Waals surface area contributed by atoms with E-state index >= 15 is 0 Å². The van der Waals surface area contributed by atoms with Crippen molar-refractivity contribution in [3.05, 3.63) is 57.5 Å². The number of aliphatic imine (C=N–C) groups is 1. The van der Waals surface area contributed by atoms with Crippen molar-refractivity contribution in [2.45, 2.75) is 39.5 Å². The Morgan fingerprint density at radius 3 is 2.60 bits per heavy atom. The molecule has 0 aliphatic carbocycles. The van der Waals surface area contributed by atoms with Crippen LogP contribution in [0.4, 0.5) is 19.0 Å². The Hall–Kier alpha value is -3.47. The van der Waals surface area contributed by atoms with E-state index in [2.05, 4.69) is 32.5 Å². The molecular formula is C24H28F3N7O. The van der Waals surface area contributed by atoms with Crippen LogP contribution in [0.5, 0.6) is 0 Å². The fourth-order valence-electron chi connectivity index (χ4n) is 4.66. The number of anilines is 1. The normalized spacial score (nSPS) is 18.3. The second-order valence-electron chi connectivity index (χ2n) is 9.12. The Morgan fingerprint density at radius 1 is 1.29 bits per heavy atom. The molecule has 4 rings (SSSR count). The topological polar surface area (TPSA) is 109 Å². The lowest BCUT2D eigenvalue weighted by Gasteiger charge is -2.47. The molecule has 2 aliphatic rings. The van der Waals surface area contributed by atoms with Crippen LogP contribution in [0.1, 0.15) is 46.1 Å². The molecule has 11 heteroatoms. The average molecular weight is 488 g/mol. The van der Waals surface area contributed by atoms with Crippen molar-refractivity contribution in [3.8, 4) is 0 Å². The van der Waals surface area contributed by atoms with Gasteiger partial charge in [-0.05, 0) is 62.7 Å². The lowest BCUT2D eigenvalue weighted by Crippen LogP contribution is -2.58. The molecule has 0 unspecified atom stereocenters. The van der Waals surface area contributed by atoms with Crippen molar-refractivity contribution in [3.63, 3.8) is 0 Å². The van der Waals surface area contributed by atoms with Crippen molar-refractivity contribution >= 4 is 24.5 Å². The minimum atomic E-state index is -4.48. The highest BCUT2D eigenvalue weighted by atomic mass is 19.4. The minimum absolute atomic E-state index is 0.0445. The zero-order valence-corrected chi connectivity index (χ0v) is 19.8. The van der Waals surface area contributed by atoms with Crippen molar-refractivity contribution < 1.29 is 18.0 Å². The number of halogens is 3. The summed E-state index contributed by atoms with van der Waals surface area (Å²) in [7, 11) is 0. The van der Waals surface area contributed by atoms with E-state index in [0.717, 1.165) is 18.1 Å². The largest absolute Gasteiger partial charge is 0.416 e. The molecule has 0 saturated carbocycles. The van der Waals surface area contributed by atoms with Gasteiger partial charge in [-0.1, -0.05) is 12.1 Å². The summed E-state index contributed by atoms with van der Waals surface area (Å²) in [5, 5.41) is 14.3. The molecule has 1 amide bonds. The minimum Gasteiger partial charge on any atom is -0.355 e. The fourth-order valence-corrected chi connectivity index (χ4v) is 4.66. The molecule has 186 valence electrons. The Morgan fingerprint density at radius 2 is 2.00 bits per heavy atom. The smallest absolute Gasteiger partial charge is 0.355 e. The number of aromatic nitrogens is 2. The highest BCUT2D eigenvalue weighted by Crippen LogP contribution is 2.40. The average Bonchev–Trinajstić information content (AvgIpc) is 3.16. The van der Waals surface area contributed by atoms with E-state index in [1.165, 1.54) is 13.0 Å². The Labute approximate surface area is 201 Å². The van der Waals surface area contributed by atoms with E-state index in [1.54, 1.807) is 12.1 Å². The van der Waals surface area contributed by atoms with E-state index in [0.29, 0.717) is 48.1 Å². The summed E-state index contributed by atoms with van der Waals surface area (Å²) in [5.74, 6) is 0.935. The molecule has 1 spiro atoms. The monoisotopic (exact) mass is 487 g/mol.